The highest BCUT2D eigenvalue weighted by Crippen LogP contribution is 2.19. The smallest absolute Gasteiger partial charge is 0.336 e. The molecule has 128 valence electrons. The molecular formula is C20H19NO4. The minimum atomic E-state index is -0.419. The molecule has 0 radical (unpaired) electrons. The van der Waals surface area contributed by atoms with Crippen molar-refractivity contribution in [1.29, 1.82) is 0 Å². The van der Waals surface area contributed by atoms with Crippen molar-refractivity contribution >= 4 is 16.9 Å². The number of amides is 1. The van der Waals surface area contributed by atoms with E-state index >= 15 is 0 Å². The molecule has 0 aliphatic rings. The van der Waals surface area contributed by atoms with E-state index in [1.165, 1.54) is 11.6 Å². The van der Waals surface area contributed by atoms with E-state index in [0.717, 1.165) is 5.39 Å². The number of hydrogen-bond acceptors (Lipinski definition) is 4. The molecule has 0 fully saturated rings. The summed E-state index contributed by atoms with van der Waals surface area (Å²) in [5.41, 5.74) is 1.19. The van der Waals surface area contributed by atoms with E-state index < -0.39 is 5.63 Å². The predicted molar refractivity (Wildman–Crippen MR) is 95.8 cm³/mol. The molecule has 0 saturated carbocycles. The largest absolute Gasteiger partial charge is 0.484 e. The van der Waals surface area contributed by atoms with Gasteiger partial charge in [-0.15, -0.1) is 0 Å². The van der Waals surface area contributed by atoms with Crippen LogP contribution >= 0.6 is 0 Å². The molecule has 1 aromatic heterocycles. The standard InChI is InChI=1S/C20H19NO4/c1-14(15-5-3-2-4-6-15)12-21-19(22)13-24-17-9-7-16-8-10-20(23)25-18(16)11-17/h2-11,14H,12-13H2,1H3,(H,21,22)/t14-/m1/s1. The summed E-state index contributed by atoms with van der Waals surface area (Å²) in [6.07, 6.45) is 0. The highest BCUT2D eigenvalue weighted by Gasteiger charge is 2.08. The van der Waals surface area contributed by atoms with Gasteiger partial charge in [0.1, 0.15) is 11.3 Å². The van der Waals surface area contributed by atoms with Gasteiger partial charge in [-0.1, -0.05) is 37.3 Å². The Hall–Kier alpha value is -3.08. The minimum Gasteiger partial charge on any atom is -0.484 e. The average Bonchev–Trinajstić information content (AvgIpc) is 2.64. The lowest BCUT2D eigenvalue weighted by atomic mass is 10.0. The second kappa shape index (κ2) is 7.66. The Morgan fingerprint density at radius 3 is 2.68 bits per heavy atom. The fourth-order valence-corrected chi connectivity index (χ4v) is 2.50. The quantitative estimate of drug-likeness (QED) is 0.702. The molecule has 0 spiro atoms. The van der Waals surface area contributed by atoms with E-state index in [0.29, 0.717) is 17.9 Å². The topological polar surface area (TPSA) is 68.5 Å². The van der Waals surface area contributed by atoms with Gasteiger partial charge in [0.25, 0.3) is 5.91 Å². The first-order chi connectivity index (χ1) is 12.1. The van der Waals surface area contributed by atoms with Gasteiger partial charge in [0.05, 0.1) is 0 Å². The maximum atomic E-state index is 12.0. The summed E-state index contributed by atoms with van der Waals surface area (Å²) in [4.78, 5) is 23.2. The minimum absolute atomic E-state index is 0.0932. The zero-order valence-electron chi connectivity index (χ0n) is 13.9. The Balaban J connectivity index is 1.53. The molecule has 3 aromatic rings. The summed E-state index contributed by atoms with van der Waals surface area (Å²) >= 11 is 0. The number of nitrogens with one attached hydrogen (secondary N) is 1. The second-order valence-corrected chi connectivity index (χ2v) is 5.86. The third kappa shape index (κ3) is 4.47. The lowest BCUT2D eigenvalue weighted by Gasteiger charge is -2.13. The molecule has 2 aromatic carbocycles. The maximum Gasteiger partial charge on any atom is 0.336 e. The van der Waals surface area contributed by atoms with Crippen LogP contribution in [0.3, 0.4) is 0 Å². The van der Waals surface area contributed by atoms with Crippen LogP contribution in [0.5, 0.6) is 5.75 Å². The first kappa shape index (κ1) is 16.8. The Morgan fingerprint density at radius 1 is 1.12 bits per heavy atom. The van der Waals surface area contributed by atoms with Crippen LogP contribution in [0.1, 0.15) is 18.4 Å². The van der Waals surface area contributed by atoms with Crippen molar-refractivity contribution in [2.45, 2.75) is 12.8 Å². The van der Waals surface area contributed by atoms with Crippen LogP contribution in [0, 0.1) is 0 Å². The number of rotatable bonds is 6. The van der Waals surface area contributed by atoms with E-state index in [4.69, 9.17) is 9.15 Å². The Morgan fingerprint density at radius 2 is 1.88 bits per heavy atom. The third-order valence-electron chi connectivity index (χ3n) is 3.94. The molecule has 0 unspecified atom stereocenters. The zero-order chi connectivity index (χ0) is 17.6. The van der Waals surface area contributed by atoms with Gasteiger partial charge in [-0.25, -0.2) is 4.79 Å². The first-order valence-corrected chi connectivity index (χ1v) is 8.10. The molecule has 5 nitrogen and oxygen atoms in total. The van der Waals surface area contributed by atoms with Crippen LogP contribution in [-0.4, -0.2) is 19.1 Å². The molecule has 1 N–H and O–H groups in total. The molecule has 25 heavy (non-hydrogen) atoms. The van der Waals surface area contributed by atoms with Crippen LogP contribution in [0.4, 0.5) is 0 Å². The lowest BCUT2D eigenvalue weighted by Crippen LogP contribution is -2.31. The Kier molecular flexibility index (Phi) is 5.14. The summed E-state index contributed by atoms with van der Waals surface area (Å²) in [5, 5.41) is 3.66. The van der Waals surface area contributed by atoms with E-state index in [2.05, 4.69) is 12.2 Å². The molecule has 5 heteroatoms. The number of benzene rings is 2. The summed E-state index contributed by atoms with van der Waals surface area (Å²) < 4.78 is 10.6. The van der Waals surface area contributed by atoms with Gasteiger partial charge >= 0.3 is 5.63 Å². The monoisotopic (exact) mass is 337 g/mol. The highest BCUT2D eigenvalue weighted by molar-refractivity contribution is 5.79. The van der Waals surface area contributed by atoms with Gasteiger partial charge in [-0.3, -0.25) is 4.79 Å². The van der Waals surface area contributed by atoms with Gasteiger partial charge < -0.3 is 14.5 Å². The van der Waals surface area contributed by atoms with E-state index in [1.807, 2.05) is 30.3 Å². The van der Waals surface area contributed by atoms with Crippen LogP contribution < -0.4 is 15.7 Å². The van der Waals surface area contributed by atoms with Crippen molar-refractivity contribution in [2.24, 2.45) is 0 Å². The predicted octanol–water partition coefficient (Wildman–Crippen LogP) is 3.09. The summed E-state index contributed by atoms with van der Waals surface area (Å²) in [6, 6.07) is 18.2. The number of ether oxygens (including phenoxy) is 1. The SMILES string of the molecule is C[C@H](CNC(=O)COc1ccc2ccc(=O)oc2c1)c1ccccc1. The van der Waals surface area contributed by atoms with Crippen LogP contribution in [0.15, 0.2) is 69.9 Å². The van der Waals surface area contributed by atoms with Gasteiger partial charge in [0, 0.05) is 24.1 Å². The maximum absolute atomic E-state index is 12.0. The van der Waals surface area contributed by atoms with Crippen LogP contribution in [-0.2, 0) is 4.79 Å². The first-order valence-electron chi connectivity index (χ1n) is 8.10. The van der Waals surface area contributed by atoms with Gasteiger partial charge in [-0.2, -0.15) is 0 Å². The normalized spacial score (nSPS) is 11.9. The molecule has 0 bridgehead atoms. The highest BCUT2D eigenvalue weighted by atomic mass is 16.5. The molecule has 1 amide bonds. The summed E-state index contributed by atoms with van der Waals surface area (Å²) in [6.45, 7) is 2.50. The van der Waals surface area contributed by atoms with Crippen LogP contribution in [0.2, 0.25) is 0 Å². The molecule has 3 rings (SSSR count). The summed E-state index contributed by atoms with van der Waals surface area (Å²) in [7, 11) is 0. The number of carbonyl (C=O) groups is 1. The molecule has 0 saturated heterocycles. The van der Waals surface area contributed by atoms with Crippen molar-refractivity contribution in [3.8, 4) is 5.75 Å². The fraction of sp³-hybridized carbons (Fsp3) is 0.200. The Bertz CT molecular complexity index is 918. The van der Waals surface area contributed by atoms with Crippen molar-refractivity contribution < 1.29 is 13.9 Å². The molecule has 1 heterocycles. The van der Waals surface area contributed by atoms with Crippen molar-refractivity contribution in [3.05, 3.63) is 76.6 Å². The van der Waals surface area contributed by atoms with Gasteiger partial charge in [-0.05, 0) is 29.7 Å². The van der Waals surface area contributed by atoms with E-state index in [-0.39, 0.29) is 18.4 Å². The van der Waals surface area contributed by atoms with Crippen LogP contribution in [0.25, 0.3) is 11.0 Å². The number of hydrogen-bond donors (Lipinski definition) is 1. The van der Waals surface area contributed by atoms with Gasteiger partial charge in [0.15, 0.2) is 6.61 Å². The number of carbonyl (C=O) groups excluding carboxylic acids is 1. The van der Waals surface area contributed by atoms with Crippen molar-refractivity contribution in [2.75, 3.05) is 13.2 Å². The second-order valence-electron chi connectivity index (χ2n) is 5.86. The van der Waals surface area contributed by atoms with Crippen molar-refractivity contribution in [1.82, 2.24) is 5.32 Å². The molecular weight excluding hydrogens is 318 g/mol. The molecule has 0 aliphatic heterocycles. The lowest BCUT2D eigenvalue weighted by molar-refractivity contribution is -0.123. The Labute approximate surface area is 145 Å². The third-order valence-corrected chi connectivity index (χ3v) is 3.94. The van der Waals surface area contributed by atoms with Gasteiger partial charge in [0.2, 0.25) is 0 Å². The van der Waals surface area contributed by atoms with Crippen molar-refractivity contribution in [3.63, 3.8) is 0 Å². The average molecular weight is 337 g/mol. The number of fused-ring (bicyclic) bond motifs is 1. The summed E-state index contributed by atoms with van der Waals surface area (Å²) in [5.74, 6) is 0.505. The van der Waals surface area contributed by atoms with E-state index in [1.54, 1.807) is 24.3 Å². The van der Waals surface area contributed by atoms with E-state index in [9.17, 15) is 9.59 Å². The molecule has 1 atom stereocenters. The molecule has 0 aliphatic carbocycles. The zero-order valence-corrected chi connectivity index (χ0v) is 13.9. The fourth-order valence-electron chi connectivity index (χ4n) is 2.50.